The molecule has 8 heteroatoms. The third-order valence-corrected chi connectivity index (χ3v) is 5.88. The zero-order chi connectivity index (χ0) is 20.3. The number of fused-ring (bicyclic) bond motifs is 1. The molecule has 29 heavy (non-hydrogen) atoms. The van der Waals surface area contributed by atoms with Crippen molar-refractivity contribution in [3.8, 4) is 0 Å². The summed E-state index contributed by atoms with van der Waals surface area (Å²) in [5, 5.41) is 3.16. The monoisotopic (exact) mass is 468 g/mol. The molecule has 3 aromatic carbocycles. The molecule has 0 amide bonds. The maximum absolute atomic E-state index is 12.7. The zero-order valence-electron chi connectivity index (χ0n) is 15.2. The van der Waals surface area contributed by atoms with Crippen molar-refractivity contribution >= 4 is 54.3 Å². The standard InChI is InChI=1S/C21H17BrN4O2S/c22-16-10-12-17(13-11-16)23-20-21(25-19-9-5-4-8-18(19)24-20)26-29(27,28)14-15-6-2-1-3-7-15/h1-13H,14H2,(H,23,24)(H,25,26). The molecular weight excluding hydrogens is 452 g/mol. The minimum atomic E-state index is -3.68. The molecule has 4 rings (SSSR count). The Morgan fingerprint density at radius 2 is 1.34 bits per heavy atom. The van der Waals surface area contributed by atoms with Crippen LogP contribution in [0.4, 0.5) is 17.3 Å². The summed E-state index contributed by atoms with van der Waals surface area (Å²) in [5.74, 6) is 0.338. The maximum atomic E-state index is 12.7. The summed E-state index contributed by atoms with van der Waals surface area (Å²) in [6, 6.07) is 23.8. The minimum Gasteiger partial charge on any atom is -0.337 e. The van der Waals surface area contributed by atoms with E-state index in [1.165, 1.54) is 0 Å². The van der Waals surface area contributed by atoms with Crippen molar-refractivity contribution in [1.29, 1.82) is 0 Å². The molecule has 0 saturated carbocycles. The first-order valence-corrected chi connectivity index (χ1v) is 11.3. The van der Waals surface area contributed by atoms with Gasteiger partial charge in [-0.3, -0.25) is 4.72 Å². The molecule has 1 heterocycles. The summed E-state index contributed by atoms with van der Waals surface area (Å²) in [6.07, 6.45) is 0. The van der Waals surface area contributed by atoms with Gasteiger partial charge in [0.15, 0.2) is 11.6 Å². The maximum Gasteiger partial charge on any atom is 0.238 e. The lowest BCUT2D eigenvalue weighted by atomic mass is 10.2. The molecule has 0 aliphatic rings. The number of anilines is 3. The van der Waals surface area contributed by atoms with Gasteiger partial charge in [0.2, 0.25) is 10.0 Å². The van der Waals surface area contributed by atoms with E-state index in [4.69, 9.17) is 0 Å². The molecule has 0 radical (unpaired) electrons. The van der Waals surface area contributed by atoms with Crippen LogP contribution in [0, 0.1) is 0 Å². The number of halogens is 1. The summed E-state index contributed by atoms with van der Waals surface area (Å²) in [6.45, 7) is 0. The molecule has 0 spiro atoms. The Balaban J connectivity index is 1.70. The van der Waals surface area contributed by atoms with E-state index < -0.39 is 10.0 Å². The van der Waals surface area contributed by atoms with Crippen LogP contribution in [0.2, 0.25) is 0 Å². The Kier molecular flexibility index (Phi) is 5.46. The molecule has 0 aliphatic heterocycles. The number of para-hydroxylation sites is 2. The van der Waals surface area contributed by atoms with Gasteiger partial charge in [0.25, 0.3) is 0 Å². The first-order valence-electron chi connectivity index (χ1n) is 8.82. The van der Waals surface area contributed by atoms with Gasteiger partial charge < -0.3 is 5.32 Å². The number of nitrogens with one attached hydrogen (secondary N) is 2. The Bertz CT molecular complexity index is 1250. The van der Waals surface area contributed by atoms with E-state index in [1.807, 2.05) is 48.5 Å². The molecule has 0 saturated heterocycles. The summed E-state index contributed by atoms with van der Waals surface area (Å²) >= 11 is 3.40. The van der Waals surface area contributed by atoms with E-state index in [0.717, 1.165) is 10.2 Å². The van der Waals surface area contributed by atoms with Gasteiger partial charge in [-0.25, -0.2) is 18.4 Å². The highest BCUT2D eigenvalue weighted by molar-refractivity contribution is 9.10. The molecule has 6 nitrogen and oxygen atoms in total. The van der Waals surface area contributed by atoms with E-state index in [-0.39, 0.29) is 11.6 Å². The number of hydrogen-bond donors (Lipinski definition) is 2. The van der Waals surface area contributed by atoms with Gasteiger partial charge in [0.1, 0.15) is 0 Å². The number of rotatable bonds is 6. The van der Waals surface area contributed by atoms with Crippen molar-refractivity contribution in [1.82, 2.24) is 9.97 Å². The Hall–Kier alpha value is -2.97. The molecule has 0 atom stereocenters. The fourth-order valence-electron chi connectivity index (χ4n) is 2.81. The average molecular weight is 469 g/mol. The number of aromatic nitrogens is 2. The van der Waals surface area contributed by atoms with Gasteiger partial charge in [-0.1, -0.05) is 58.4 Å². The van der Waals surface area contributed by atoms with Gasteiger partial charge in [-0.2, -0.15) is 0 Å². The van der Waals surface area contributed by atoms with Crippen molar-refractivity contribution in [3.05, 3.63) is 88.9 Å². The van der Waals surface area contributed by atoms with E-state index in [0.29, 0.717) is 22.4 Å². The zero-order valence-corrected chi connectivity index (χ0v) is 17.6. The van der Waals surface area contributed by atoms with Crippen LogP contribution in [0.25, 0.3) is 11.0 Å². The van der Waals surface area contributed by atoms with Gasteiger partial charge in [-0.05, 0) is 42.0 Å². The van der Waals surface area contributed by atoms with Crippen LogP contribution in [0.3, 0.4) is 0 Å². The van der Waals surface area contributed by atoms with Crippen LogP contribution in [0.5, 0.6) is 0 Å². The van der Waals surface area contributed by atoms with Crippen LogP contribution in [0.1, 0.15) is 5.56 Å². The summed E-state index contributed by atoms with van der Waals surface area (Å²) in [5.41, 5.74) is 2.72. The first-order chi connectivity index (χ1) is 14.0. The van der Waals surface area contributed by atoms with E-state index in [1.54, 1.807) is 30.3 Å². The molecule has 4 aromatic rings. The number of hydrogen-bond acceptors (Lipinski definition) is 5. The smallest absolute Gasteiger partial charge is 0.238 e. The molecule has 146 valence electrons. The lowest BCUT2D eigenvalue weighted by molar-refractivity contribution is 0.600. The van der Waals surface area contributed by atoms with Crippen LogP contribution in [-0.2, 0) is 15.8 Å². The largest absolute Gasteiger partial charge is 0.337 e. The topological polar surface area (TPSA) is 84.0 Å². The predicted molar refractivity (Wildman–Crippen MR) is 120 cm³/mol. The van der Waals surface area contributed by atoms with E-state index in [9.17, 15) is 8.42 Å². The number of sulfonamides is 1. The minimum absolute atomic E-state index is 0.153. The van der Waals surface area contributed by atoms with Gasteiger partial charge in [0.05, 0.1) is 16.8 Å². The fraction of sp³-hybridized carbons (Fsp3) is 0.0476. The van der Waals surface area contributed by atoms with Crippen LogP contribution >= 0.6 is 15.9 Å². The average Bonchev–Trinajstić information content (AvgIpc) is 2.70. The fourth-order valence-corrected chi connectivity index (χ4v) is 4.21. The Labute approximate surface area is 177 Å². The highest BCUT2D eigenvalue weighted by Crippen LogP contribution is 2.27. The second-order valence-corrected chi connectivity index (χ2v) is 9.03. The van der Waals surface area contributed by atoms with Gasteiger partial charge in [-0.15, -0.1) is 0 Å². The highest BCUT2D eigenvalue weighted by atomic mass is 79.9. The van der Waals surface area contributed by atoms with E-state index >= 15 is 0 Å². The second-order valence-electron chi connectivity index (χ2n) is 6.39. The highest BCUT2D eigenvalue weighted by Gasteiger charge is 2.17. The van der Waals surface area contributed by atoms with Gasteiger partial charge in [0, 0.05) is 10.2 Å². The van der Waals surface area contributed by atoms with Crippen LogP contribution in [-0.4, -0.2) is 18.4 Å². The molecule has 0 unspecified atom stereocenters. The quantitative estimate of drug-likeness (QED) is 0.412. The van der Waals surface area contributed by atoms with Gasteiger partial charge >= 0.3 is 0 Å². The summed E-state index contributed by atoms with van der Waals surface area (Å²) < 4.78 is 29.0. The first kappa shape index (κ1) is 19.4. The Morgan fingerprint density at radius 3 is 2.00 bits per heavy atom. The molecular formula is C21H17BrN4O2S. The van der Waals surface area contributed by atoms with Crippen molar-refractivity contribution in [3.63, 3.8) is 0 Å². The molecule has 2 N–H and O–H groups in total. The van der Waals surface area contributed by atoms with E-state index in [2.05, 4.69) is 35.9 Å². The summed E-state index contributed by atoms with van der Waals surface area (Å²) in [7, 11) is -3.68. The molecule has 1 aromatic heterocycles. The molecule has 0 fully saturated rings. The van der Waals surface area contributed by atoms with Crippen LogP contribution in [0.15, 0.2) is 83.3 Å². The third-order valence-electron chi connectivity index (χ3n) is 4.13. The van der Waals surface area contributed by atoms with Crippen molar-refractivity contribution in [2.45, 2.75) is 5.75 Å². The van der Waals surface area contributed by atoms with Crippen molar-refractivity contribution in [2.24, 2.45) is 0 Å². The molecule has 0 bridgehead atoms. The molecule has 0 aliphatic carbocycles. The summed E-state index contributed by atoms with van der Waals surface area (Å²) in [4.78, 5) is 9.06. The number of benzene rings is 3. The van der Waals surface area contributed by atoms with Crippen LogP contribution < -0.4 is 10.0 Å². The Morgan fingerprint density at radius 1 is 0.759 bits per heavy atom. The second kappa shape index (κ2) is 8.18. The normalized spacial score (nSPS) is 11.3. The SMILES string of the molecule is O=S(=O)(Cc1ccccc1)Nc1nc2ccccc2nc1Nc1ccc(Br)cc1. The number of nitrogens with zero attached hydrogens (tertiary/aromatic N) is 2. The lowest BCUT2D eigenvalue weighted by Crippen LogP contribution is -2.17. The van der Waals surface area contributed by atoms with Crippen molar-refractivity contribution < 1.29 is 8.42 Å². The third kappa shape index (κ3) is 4.90. The predicted octanol–water partition coefficient (Wildman–Crippen LogP) is 5.08. The lowest BCUT2D eigenvalue weighted by Gasteiger charge is -2.14. The van der Waals surface area contributed by atoms with Crippen molar-refractivity contribution in [2.75, 3.05) is 10.0 Å².